The molecule has 0 atom stereocenters. The van der Waals surface area contributed by atoms with E-state index in [0.29, 0.717) is 5.69 Å². The Balaban J connectivity index is 1.31. The summed E-state index contributed by atoms with van der Waals surface area (Å²) in [6, 6.07) is 10.4. The number of H-pyrrole nitrogens is 1. The van der Waals surface area contributed by atoms with E-state index in [1.54, 1.807) is 0 Å². The lowest BCUT2D eigenvalue weighted by Gasteiger charge is -2.34. The van der Waals surface area contributed by atoms with Gasteiger partial charge in [-0.25, -0.2) is 0 Å². The van der Waals surface area contributed by atoms with Crippen LogP contribution in [0.15, 0.2) is 36.4 Å². The molecule has 0 saturated carbocycles. The van der Waals surface area contributed by atoms with E-state index < -0.39 is 0 Å². The Morgan fingerprint density at radius 1 is 1.04 bits per heavy atom. The van der Waals surface area contributed by atoms with Gasteiger partial charge >= 0.3 is 0 Å². The molecule has 5 heteroatoms. The molecule has 1 aliphatic carbocycles. The number of nitrogens with one attached hydrogen (secondary N) is 1. The highest BCUT2D eigenvalue weighted by atomic mass is 16.2. The minimum absolute atomic E-state index is 0.105. The molecule has 1 saturated heterocycles. The summed E-state index contributed by atoms with van der Waals surface area (Å²) < 4.78 is 0. The van der Waals surface area contributed by atoms with Gasteiger partial charge in [-0.15, -0.1) is 0 Å². The van der Waals surface area contributed by atoms with Crippen molar-refractivity contribution in [2.45, 2.75) is 32.1 Å². The number of carbonyl (C=O) groups excluding carboxylic acids is 1. The molecule has 0 bridgehead atoms. The van der Waals surface area contributed by atoms with Gasteiger partial charge in [0.15, 0.2) is 5.69 Å². The van der Waals surface area contributed by atoms with E-state index in [0.717, 1.165) is 52.0 Å². The Hall–Kier alpha value is -2.40. The Labute approximate surface area is 161 Å². The fourth-order valence-corrected chi connectivity index (χ4v) is 4.02. The van der Waals surface area contributed by atoms with E-state index >= 15 is 0 Å². The van der Waals surface area contributed by atoms with Crippen molar-refractivity contribution in [3.63, 3.8) is 0 Å². The fraction of sp³-hybridized carbons (Fsp3) is 0.455. The maximum atomic E-state index is 13.0. The van der Waals surface area contributed by atoms with Crippen LogP contribution >= 0.6 is 0 Å². The number of piperazine rings is 1. The summed E-state index contributed by atoms with van der Waals surface area (Å²) in [6.45, 7) is 4.31. The molecule has 1 fully saturated rings. The maximum Gasteiger partial charge on any atom is 0.274 e. The zero-order valence-electron chi connectivity index (χ0n) is 15.9. The Morgan fingerprint density at radius 2 is 1.81 bits per heavy atom. The van der Waals surface area contributed by atoms with Crippen molar-refractivity contribution in [2.75, 3.05) is 32.7 Å². The van der Waals surface area contributed by atoms with Crippen molar-refractivity contribution in [1.82, 2.24) is 20.0 Å². The predicted molar refractivity (Wildman–Crippen MR) is 108 cm³/mol. The van der Waals surface area contributed by atoms with E-state index in [2.05, 4.69) is 51.5 Å². The van der Waals surface area contributed by atoms with Crippen LogP contribution in [0.4, 0.5) is 0 Å². The molecule has 1 amide bonds. The average Bonchev–Trinajstić information content (AvgIpc) is 2.97. The van der Waals surface area contributed by atoms with Crippen molar-refractivity contribution in [1.29, 1.82) is 0 Å². The maximum absolute atomic E-state index is 13.0. The number of nitrogens with zero attached hydrogens (tertiary/aromatic N) is 3. The summed E-state index contributed by atoms with van der Waals surface area (Å²) >= 11 is 0. The van der Waals surface area contributed by atoms with Crippen LogP contribution in [0.1, 0.15) is 46.6 Å². The molecule has 2 aliphatic rings. The monoisotopic (exact) mass is 364 g/mol. The first-order chi connectivity index (χ1) is 13.3. The smallest absolute Gasteiger partial charge is 0.274 e. The molecule has 0 spiro atoms. The van der Waals surface area contributed by atoms with Gasteiger partial charge in [0.25, 0.3) is 5.91 Å². The molecule has 4 rings (SSSR count). The normalized spacial score (nSPS) is 18.4. The third-order valence-corrected chi connectivity index (χ3v) is 5.64. The van der Waals surface area contributed by atoms with Crippen LogP contribution < -0.4 is 0 Å². The van der Waals surface area contributed by atoms with Crippen molar-refractivity contribution >= 4 is 12.0 Å². The number of rotatable bonds is 4. The van der Waals surface area contributed by atoms with E-state index in [4.69, 9.17) is 0 Å². The first-order valence-electron chi connectivity index (χ1n) is 10.1. The molecule has 1 aromatic heterocycles. The first-order valence-corrected chi connectivity index (χ1v) is 10.1. The van der Waals surface area contributed by atoms with E-state index in [1.165, 1.54) is 29.7 Å². The fourth-order valence-electron chi connectivity index (χ4n) is 4.02. The zero-order valence-corrected chi connectivity index (χ0v) is 15.9. The number of aromatic nitrogens is 2. The van der Waals surface area contributed by atoms with Crippen LogP contribution in [0.3, 0.4) is 0 Å². The molecule has 1 aromatic carbocycles. The second kappa shape index (κ2) is 8.53. The second-order valence-electron chi connectivity index (χ2n) is 7.50. The highest BCUT2D eigenvalue weighted by molar-refractivity contribution is 5.94. The van der Waals surface area contributed by atoms with E-state index in [9.17, 15) is 4.79 Å². The summed E-state index contributed by atoms with van der Waals surface area (Å²) in [5.41, 5.74) is 4.25. The lowest BCUT2D eigenvalue weighted by Crippen LogP contribution is -2.48. The number of aromatic amines is 1. The highest BCUT2D eigenvalue weighted by Gasteiger charge is 2.27. The number of amides is 1. The molecule has 2 aromatic rings. The van der Waals surface area contributed by atoms with Crippen LogP contribution in [0.5, 0.6) is 0 Å². The molecule has 1 N–H and O–H groups in total. The number of benzene rings is 1. The van der Waals surface area contributed by atoms with Gasteiger partial charge in [-0.05, 0) is 31.2 Å². The molecule has 142 valence electrons. The minimum atomic E-state index is 0.105. The third-order valence-electron chi connectivity index (χ3n) is 5.64. The molecule has 27 heavy (non-hydrogen) atoms. The minimum Gasteiger partial charge on any atom is -0.335 e. The summed E-state index contributed by atoms with van der Waals surface area (Å²) in [5, 5.41) is 7.50. The van der Waals surface area contributed by atoms with Crippen LogP contribution in [0.2, 0.25) is 0 Å². The van der Waals surface area contributed by atoms with Crippen molar-refractivity contribution in [3.8, 4) is 0 Å². The van der Waals surface area contributed by atoms with Gasteiger partial charge < -0.3 is 4.90 Å². The molecule has 0 radical (unpaired) electrons. The largest absolute Gasteiger partial charge is 0.335 e. The molecular weight excluding hydrogens is 336 g/mol. The summed E-state index contributed by atoms with van der Waals surface area (Å²) in [6.07, 6.45) is 9.98. The highest BCUT2D eigenvalue weighted by Crippen LogP contribution is 2.23. The third kappa shape index (κ3) is 4.30. The molecule has 1 aliphatic heterocycles. The molecule has 2 heterocycles. The van der Waals surface area contributed by atoms with Crippen molar-refractivity contribution in [2.24, 2.45) is 0 Å². The van der Waals surface area contributed by atoms with Crippen molar-refractivity contribution < 1.29 is 4.79 Å². The van der Waals surface area contributed by atoms with Gasteiger partial charge in [0.05, 0.1) is 0 Å². The summed E-state index contributed by atoms with van der Waals surface area (Å²) in [4.78, 5) is 17.3. The molecule has 0 unspecified atom stereocenters. The summed E-state index contributed by atoms with van der Waals surface area (Å²) in [7, 11) is 0. The van der Waals surface area contributed by atoms with Crippen LogP contribution in [0, 0.1) is 0 Å². The Bertz CT molecular complexity index is 788. The van der Waals surface area contributed by atoms with Gasteiger partial charge in [0.1, 0.15) is 0 Å². The van der Waals surface area contributed by atoms with Gasteiger partial charge in [0.2, 0.25) is 0 Å². The number of hydrogen-bond donors (Lipinski definition) is 1. The number of carbonyl (C=O) groups is 1. The quantitative estimate of drug-likeness (QED) is 0.848. The lowest BCUT2D eigenvalue weighted by molar-refractivity contribution is 0.0643. The Morgan fingerprint density at radius 3 is 2.63 bits per heavy atom. The lowest BCUT2D eigenvalue weighted by atomic mass is 10.1. The standard InChI is InChI=1S/C22H28N4O/c27-22(21-19-11-5-2-6-12-20(19)23-24-21)26-16-14-25(15-17-26)13-7-10-18-8-3-1-4-9-18/h1,3-4,7-10H,2,5-6,11-17H2,(H,23,24). The number of aryl methyl sites for hydroxylation is 1. The molecular formula is C22H28N4O. The van der Waals surface area contributed by atoms with Gasteiger partial charge in [-0.2, -0.15) is 5.10 Å². The van der Waals surface area contributed by atoms with Crippen LogP contribution in [-0.4, -0.2) is 58.6 Å². The zero-order chi connectivity index (χ0) is 18.5. The first kappa shape index (κ1) is 18.0. The van der Waals surface area contributed by atoms with Crippen LogP contribution in [0.25, 0.3) is 6.08 Å². The number of fused-ring (bicyclic) bond motifs is 1. The van der Waals surface area contributed by atoms with E-state index in [-0.39, 0.29) is 5.91 Å². The SMILES string of the molecule is O=C(c1n[nH]c2c1CCCCC2)N1CCN(CC=Cc2ccccc2)CC1. The molecule has 5 nitrogen and oxygen atoms in total. The average molecular weight is 364 g/mol. The van der Waals surface area contributed by atoms with Crippen LogP contribution in [-0.2, 0) is 12.8 Å². The van der Waals surface area contributed by atoms with Gasteiger partial charge in [0, 0.05) is 44.0 Å². The number of hydrogen-bond acceptors (Lipinski definition) is 3. The predicted octanol–water partition coefficient (Wildman–Crippen LogP) is 3.15. The Kier molecular flexibility index (Phi) is 5.68. The topological polar surface area (TPSA) is 52.2 Å². The van der Waals surface area contributed by atoms with Crippen molar-refractivity contribution in [3.05, 3.63) is 58.9 Å². The van der Waals surface area contributed by atoms with E-state index in [1.807, 2.05) is 11.0 Å². The van der Waals surface area contributed by atoms with Gasteiger partial charge in [-0.3, -0.25) is 14.8 Å². The summed E-state index contributed by atoms with van der Waals surface area (Å²) in [5.74, 6) is 0.105. The second-order valence-corrected chi connectivity index (χ2v) is 7.50. The van der Waals surface area contributed by atoms with Gasteiger partial charge in [-0.1, -0.05) is 48.9 Å².